The Labute approximate surface area is 262 Å². The molecule has 0 amide bonds. The highest BCUT2D eigenvalue weighted by Crippen LogP contribution is 2.43. The van der Waals surface area contributed by atoms with Crippen molar-refractivity contribution >= 4 is 81.6 Å². The van der Waals surface area contributed by atoms with E-state index in [-0.39, 0.29) is 0 Å². The second-order valence-corrected chi connectivity index (χ2v) is 12.2. The minimum atomic E-state index is 0.677. The van der Waals surface area contributed by atoms with Crippen LogP contribution in [-0.2, 0) is 0 Å². The summed E-state index contributed by atoms with van der Waals surface area (Å²) in [5.41, 5.74) is 8.94. The summed E-state index contributed by atoms with van der Waals surface area (Å²) in [5.74, 6) is 0.677. The van der Waals surface area contributed by atoms with Gasteiger partial charge in [0.2, 0.25) is 5.95 Å². The lowest BCUT2D eigenvalue weighted by Crippen LogP contribution is -2.03. The molecule has 4 aromatic heterocycles. The van der Waals surface area contributed by atoms with Crippen molar-refractivity contribution in [2.45, 2.75) is 0 Å². The van der Waals surface area contributed by atoms with Gasteiger partial charge in [-0.2, -0.15) is 0 Å². The maximum Gasteiger partial charge on any atom is 0.235 e. The van der Waals surface area contributed by atoms with Crippen molar-refractivity contribution in [3.05, 3.63) is 146 Å². The summed E-state index contributed by atoms with van der Waals surface area (Å²) in [6.45, 7) is 0. The van der Waals surface area contributed by atoms with E-state index in [1.165, 1.54) is 59.6 Å². The maximum atomic E-state index is 5.28. The summed E-state index contributed by atoms with van der Waals surface area (Å²) >= 11 is 0. The van der Waals surface area contributed by atoms with Crippen LogP contribution in [-0.4, -0.2) is 18.9 Å². The lowest BCUT2D eigenvalue weighted by atomic mass is 10.0. The van der Waals surface area contributed by atoms with Crippen molar-refractivity contribution in [2.75, 3.05) is 0 Å². The summed E-state index contributed by atoms with van der Waals surface area (Å²) < 4.78 is 4.70. The number of para-hydroxylation sites is 4. The zero-order valence-electron chi connectivity index (χ0n) is 24.6. The van der Waals surface area contributed by atoms with Gasteiger partial charge >= 0.3 is 0 Å². The van der Waals surface area contributed by atoms with Crippen molar-refractivity contribution in [2.24, 2.45) is 0 Å². The molecule has 11 aromatic rings. The number of hydrogen-bond acceptors (Lipinski definition) is 2. The molecule has 4 heterocycles. The third-order valence-corrected chi connectivity index (χ3v) is 9.83. The average molecular weight is 585 g/mol. The Kier molecular flexibility index (Phi) is 4.55. The Morgan fingerprint density at radius 3 is 1.98 bits per heavy atom. The molecule has 11 rings (SSSR count). The second-order valence-electron chi connectivity index (χ2n) is 12.2. The molecule has 7 aromatic carbocycles. The van der Waals surface area contributed by atoms with Gasteiger partial charge in [-0.3, -0.25) is 4.57 Å². The zero-order chi connectivity index (χ0) is 29.9. The predicted octanol–water partition coefficient (Wildman–Crippen LogP) is 10.7. The van der Waals surface area contributed by atoms with Crippen LogP contribution in [0.1, 0.15) is 0 Å². The van der Waals surface area contributed by atoms with Crippen LogP contribution in [0.4, 0.5) is 0 Å². The highest BCUT2D eigenvalue weighted by atomic mass is 15.2. The van der Waals surface area contributed by atoms with Crippen molar-refractivity contribution < 1.29 is 0 Å². The fraction of sp³-hybridized carbons (Fsp3) is 0. The van der Waals surface area contributed by atoms with Crippen molar-refractivity contribution in [3.63, 3.8) is 0 Å². The quantitative estimate of drug-likeness (QED) is 0.203. The van der Waals surface area contributed by atoms with E-state index in [4.69, 9.17) is 9.97 Å². The molecule has 0 bridgehead atoms. The van der Waals surface area contributed by atoms with E-state index in [0.717, 1.165) is 33.2 Å². The normalized spacial score (nSPS) is 12.3. The fourth-order valence-electron chi connectivity index (χ4n) is 7.91. The van der Waals surface area contributed by atoms with Gasteiger partial charge in [0.1, 0.15) is 0 Å². The molecular formula is C42H24N4. The Bertz CT molecular complexity index is 3020. The first kappa shape index (κ1) is 24.1. The Balaban J connectivity index is 1.27. The molecule has 0 N–H and O–H groups in total. The van der Waals surface area contributed by atoms with Gasteiger partial charge in [-0.1, -0.05) is 109 Å². The molecule has 0 radical (unpaired) electrons. The smallest absolute Gasteiger partial charge is 0.235 e. The molecule has 0 atom stereocenters. The van der Waals surface area contributed by atoms with Gasteiger partial charge in [0, 0.05) is 43.3 Å². The molecule has 0 aliphatic heterocycles. The van der Waals surface area contributed by atoms with Gasteiger partial charge in [0.25, 0.3) is 0 Å². The first-order valence-electron chi connectivity index (χ1n) is 15.7. The van der Waals surface area contributed by atoms with E-state index in [9.17, 15) is 0 Å². The van der Waals surface area contributed by atoms with Crippen molar-refractivity contribution in [1.82, 2.24) is 18.9 Å². The summed E-state index contributed by atoms with van der Waals surface area (Å²) in [5, 5.41) is 11.1. The number of rotatable bonds is 2. The molecule has 212 valence electrons. The van der Waals surface area contributed by atoms with Gasteiger partial charge in [-0.25, -0.2) is 9.97 Å². The molecule has 0 aliphatic carbocycles. The first-order chi connectivity index (χ1) is 22.8. The molecule has 0 spiro atoms. The van der Waals surface area contributed by atoms with E-state index in [0.29, 0.717) is 5.95 Å². The van der Waals surface area contributed by atoms with Gasteiger partial charge in [0.15, 0.2) is 0 Å². The van der Waals surface area contributed by atoms with Crippen LogP contribution in [0, 0.1) is 0 Å². The number of hydrogen-bond donors (Lipinski definition) is 0. The van der Waals surface area contributed by atoms with Crippen molar-refractivity contribution in [1.29, 1.82) is 0 Å². The van der Waals surface area contributed by atoms with Gasteiger partial charge in [-0.05, 0) is 47.2 Å². The van der Waals surface area contributed by atoms with Gasteiger partial charge in [0.05, 0.1) is 38.8 Å². The van der Waals surface area contributed by atoms with E-state index in [1.54, 1.807) is 0 Å². The molecule has 0 aliphatic rings. The largest absolute Gasteiger partial charge is 0.308 e. The molecule has 46 heavy (non-hydrogen) atoms. The standard InChI is InChI=1S/C42H24N4/c1-2-11-25(12-3-1)40-30-14-4-7-18-34(30)43-42(44-40)46-36-20-9-6-15-31(36)39-32-24-33-29-17-10-16-28-27-13-5-8-19-35(27)45(41(28)29)38(33)23-26(32)21-22-37(39)46/h1-24H. The molecule has 0 fully saturated rings. The third-order valence-electron chi connectivity index (χ3n) is 9.83. The van der Waals surface area contributed by atoms with Gasteiger partial charge < -0.3 is 4.40 Å². The fourth-order valence-corrected chi connectivity index (χ4v) is 7.91. The van der Waals surface area contributed by atoms with E-state index >= 15 is 0 Å². The lowest BCUT2D eigenvalue weighted by molar-refractivity contribution is 1.01. The Morgan fingerprint density at radius 1 is 0.413 bits per heavy atom. The van der Waals surface area contributed by atoms with Gasteiger partial charge in [-0.15, -0.1) is 0 Å². The number of benzene rings is 7. The van der Waals surface area contributed by atoms with Crippen LogP contribution >= 0.6 is 0 Å². The summed E-state index contributed by atoms with van der Waals surface area (Å²) in [4.78, 5) is 10.4. The summed E-state index contributed by atoms with van der Waals surface area (Å²) in [6, 6.07) is 52.2. The number of aromatic nitrogens is 4. The minimum absolute atomic E-state index is 0.677. The molecular weight excluding hydrogens is 560 g/mol. The van der Waals surface area contributed by atoms with E-state index in [1.807, 2.05) is 12.1 Å². The Morgan fingerprint density at radius 2 is 1.11 bits per heavy atom. The third kappa shape index (κ3) is 3.03. The molecule has 0 saturated heterocycles. The molecule has 4 nitrogen and oxygen atoms in total. The Hall–Kier alpha value is -6.26. The summed E-state index contributed by atoms with van der Waals surface area (Å²) in [7, 11) is 0. The van der Waals surface area contributed by atoms with Crippen LogP contribution in [0.3, 0.4) is 0 Å². The topological polar surface area (TPSA) is 35.1 Å². The molecule has 0 saturated carbocycles. The zero-order valence-corrected chi connectivity index (χ0v) is 24.6. The highest BCUT2D eigenvalue weighted by molar-refractivity contribution is 6.28. The van der Waals surface area contributed by atoms with Crippen LogP contribution in [0.5, 0.6) is 0 Å². The SMILES string of the molecule is c1ccc(-c2nc(-n3c4ccccc4c4c5cc6c7cccc8c9ccccc9n(c6cc5ccc43)c87)nc3ccccc23)cc1. The summed E-state index contributed by atoms with van der Waals surface area (Å²) in [6.07, 6.45) is 0. The van der Waals surface area contributed by atoms with Crippen LogP contribution in [0.25, 0.3) is 98.8 Å². The second kappa shape index (κ2) is 8.68. The average Bonchev–Trinajstić information content (AvgIpc) is 3.76. The van der Waals surface area contributed by atoms with Crippen LogP contribution < -0.4 is 0 Å². The minimum Gasteiger partial charge on any atom is -0.308 e. The predicted molar refractivity (Wildman–Crippen MR) is 191 cm³/mol. The van der Waals surface area contributed by atoms with E-state index in [2.05, 4.69) is 142 Å². The first-order valence-corrected chi connectivity index (χ1v) is 15.7. The lowest BCUT2D eigenvalue weighted by Gasteiger charge is -2.12. The maximum absolute atomic E-state index is 5.28. The van der Waals surface area contributed by atoms with Crippen molar-refractivity contribution in [3.8, 4) is 17.2 Å². The molecule has 4 heteroatoms. The monoisotopic (exact) mass is 584 g/mol. The molecule has 0 unspecified atom stereocenters. The van der Waals surface area contributed by atoms with E-state index < -0.39 is 0 Å². The number of fused-ring (bicyclic) bond motifs is 12. The number of nitrogens with zero attached hydrogens (tertiary/aromatic N) is 4. The highest BCUT2D eigenvalue weighted by Gasteiger charge is 2.21. The van der Waals surface area contributed by atoms with Crippen LogP contribution in [0.15, 0.2) is 146 Å². The van der Waals surface area contributed by atoms with Crippen LogP contribution in [0.2, 0.25) is 0 Å².